The largest absolute Gasteiger partial charge is 0.507 e. The van der Waals surface area contributed by atoms with E-state index < -0.39 is 17.7 Å². The van der Waals surface area contributed by atoms with Gasteiger partial charge in [-0.1, -0.05) is 83.2 Å². The average molecular weight is 641 g/mol. The van der Waals surface area contributed by atoms with Crippen LogP contribution < -0.4 is 9.64 Å². The molecular formula is C33H25ClN4O4S2. The molecule has 1 N–H and O–H groups in total. The van der Waals surface area contributed by atoms with Gasteiger partial charge in [-0.3, -0.25) is 19.5 Å². The van der Waals surface area contributed by atoms with Crippen molar-refractivity contribution in [1.82, 2.24) is 15.2 Å². The molecule has 3 aromatic carbocycles. The molecule has 1 fully saturated rings. The van der Waals surface area contributed by atoms with Crippen molar-refractivity contribution in [1.29, 1.82) is 0 Å². The number of rotatable bonds is 9. The van der Waals surface area contributed by atoms with Gasteiger partial charge in [0.05, 0.1) is 11.6 Å². The highest BCUT2D eigenvalue weighted by Crippen LogP contribution is 2.44. The van der Waals surface area contributed by atoms with Crippen LogP contribution in [0.5, 0.6) is 5.75 Å². The lowest BCUT2D eigenvalue weighted by Gasteiger charge is -2.22. The monoisotopic (exact) mass is 640 g/mol. The molecule has 0 aliphatic carbocycles. The molecule has 1 atom stereocenters. The highest BCUT2D eigenvalue weighted by atomic mass is 35.5. The van der Waals surface area contributed by atoms with E-state index >= 15 is 0 Å². The fourth-order valence-corrected chi connectivity index (χ4v) is 6.95. The Bertz CT molecular complexity index is 1860. The van der Waals surface area contributed by atoms with Crippen molar-refractivity contribution >= 4 is 57.3 Å². The van der Waals surface area contributed by atoms with E-state index in [1.807, 2.05) is 55.5 Å². The first-order chi connectivity index (χ1) is 21.4. The standard InChI is InChI=1S/C33H25ClN4O4S2/c1-20-7-2-3-8-23(20)18-42-25-14-12-21(13-15-25)29(39)27-28(22-10-6-16-35-17-22)38(31(41)30(27)40)32-36-37-33(44-32)43-19-24-9-4-5-11-26(24)34/h2-17,28,39H,18-19H2,1H3. The third-order valence-electron chi connectivity index (χ3n) is 7.14. The normalized spacial score (nSPS) is 16.0. The highest BCUT2D eigenvalue weighted by Gasteiger charge is 2.48. The number of aliphatic hydroxyl groups is 1. The van der Waals surface area contributed by atoms with Crippen LogP contribution in [0.1, 0.15) is 33.9 Å². The number of carbonyl (C=O) groups is 2. The second-order valence-corrected chi connectivity index (χ2v) is 12.5. The molecule has 1 amide bonds. The first-order valence-corrected chi connectivity index (χ1v) is 15.8. The van der Waals surface area contributed by atoms with Gasteiger partial charge in [0.2, 0.25) is 5.13 Å². The molecule has 1 aliphatic heterocycles. The summed E-state index contributed by atoms with van der Waals surface area (Å²) in [6.07, 6.45) is 3.16. The number of Topliss-reactive ketones (excluding diaryl/α,β-unsaturated/α-hetero) is 1. The Morgan fingerprint density at radius 2 is 1.73 bits per heavy atom. The van der Waals surface area contributed by atoms with Crippen LogP contribution in [-0.2, 0) is 21.9 Å². The van der Waals surface area contributed by atoms with E-state index in [2.05, 4.69) is 15.2 Å². The topological polar surface area (TPSA) is 106 Å². The number of thioether (sulfide) groups is 1. The van der Waals surface area contributed by atoms with E-state index in [1.165, 1.54) is 28.0 Å². The molecule has 2 aromatic heterocycles. The fraction of sp³-hybridized carbons (Fsp3) is 0.121. The molecule has 0 spiro atoms. The van der Waals surface area contributed by atoms with Gasteiger partial charge in [0.1, 0.15) is 18.1 Å². The quantitative estimate of drug-likeness (QED) is 0.0584. The summed E-state index contributed by atoms with van der Waals surface area (Å²) in [6.45, 7) is 2.42. The molecule has 11 heteroatoms. The van der Waals surface area contributed by atoms with Crippen LogP contribution in [0.3, 0.4) is 0 Å². The SMILES string of the molecule is Cc1ccccc1COc1ccc(C(O)=C2C(=O)C(=O)N(c3nnc(SCc4ccccc4Cl)s3)C2c2cccnc2)cc1. The first kappa shape index (κ1) is 29.6. The van der Waals surface area contributed by atoms with Gasteiger partial charge in [-0.15, -0.1) is 10.2 Å². The zero-order chi connectivity index (χ0) is 30.6. The van der Waals surface area contributed by atoms with Crippen molar-refractivity contribution in [2.75, 3.05) is 4.90 Å². The van der Waals surface area contributed by atoms with Crippen molar-refractivity contribution < 1.29 is 19.4 Å². The molecule has 0 saturated carbocycles. The Labute approximate surface area is 267 Å². The summed E-state index contributed by atoms with van der Waals surface area (Å²) < 4.78 is 6.54. The minimum absolute atomic E-state index is 0.0583. The summed E-state index contributed by atoms with van der Waals surface area (Å²) >= 11 is 8.91. The van der Waals surface area contributed by atoms with Crippen LogP contribution in [0.25, 0.3) is 5.76 Å². The summed E-state index contributed by atoms with van der Waals surface area (Å²) in [5.74, 6) is -0.772. The molecule has 5 aromatic rings. The number of amides is 1. The zero-order valence-electron chi connectivity index (χ0n) is 23.4. The molecule has 0 radical (unpaired) electrons. The van der Waals surface area contributed by atoms with Crippen LogP contribution in [0.2, 0.25) is 5.02 Å². The molecule has 3 heterocycles. The third-order valence-corrected chi connectivity index (χ3v) is 9.61. The molecular weight excluding hydrogens is 616 g/mol. The lowest BCUT2D eigenvalue weighted by Crippen LogP contribution is -2.29. The molecule has 220 valence electrons. The predicted octanol–water partition coefficient (Wildman–Crippen LogP) is 7.39. The van der Waals surface area contributed by atoms with E-state index in [4.69, 9.17) is 16.3 Å². The Hall–Kier alpha value is -4.51. The summed E-state index contributed by atoms with van der Waals surface area (Å²) in [6, 6.07) is 24.8. The maximum atomic E-state index is 13.5. The van der Waals surface area contributed by atoms with Gasteiger partial charge in [-0.05, 0) is 65.6 Å². The van der Waals surface area contributed by atoms with Crippen molar-refractivity contribution in [3.63, 3.8) is 0 Å². The molecule has 1 saturated heterocycles. The van der Waals surface area contributed by atoms with Crippen molar-refractivity contribution in [2.45, 2.75) is 29.7 Å². The fourth-order valence-electron chi connectivity index (χ4n) is 4.79. The van der Waals surface area contributed by atoms with Crippen LogP contribution >= 0.6 is 34.7 Å². The number of benzene rings is 3. The summed E-state index contributed by atoms with van der Waals surface area (Å²) in [7, 11) is 0. The number of carbonyl (C=O) groups excluding carboxylic acids is 2. The van der Waals surface area contributed by atoms with Gasteiger partial charge in [0.25, 0.3) is 5.78 Å². The van der Waals surface area contributed by atoms with Crippen LogP contribution in [-0.4, -0.2) is 32.0 Å². The van der Waals surface area contributed by atoms with Crippen LogP contribution in [0.15, 0.2) is 107 Å². The summed E-state index contributed by atoms with van der Waals surface area (Å²) in [5.41, 5.74) is 4.00. The Morgan fingerprint density at radius 1 is 0.977 bits per heavy atom. The van der Waals surface area contributed by atoms with Crippen molar-refractivity contribution in [2.24, 2.45) is 0 Å². The lowest BCUT2D eigenvalue weighted by atomic mass is 9.96. The number of ether oxygens (including phenoxy) is 1. The Balaban J connectivity index is 1.29. The molecule has 8 nitrogen and oxygen atoms in total. The van der Waals surface area contributed by atoms with Gasteiger partial charge in [0.15, 0.2) is 4.34 Å². The molecule has 0 bridgehead atoms. The number of ketones is 1. The van der Waals surface area contributed by atoms with E-state index in [0.29, 0.717) is 38.6 Å². The summed E-state index contributed by atoms with van der Waals surface area (Å²) in [5, 5.41) is 20.8. The van der Waals surface area contributed by atoms with Crippen LogP contribution in [0.4, 0.5) is 5.13 Å². The van der Waals surface area contributed by atoms with Crippen molar-refractivity contribution in [3.05, 3.63) is 136 Å². The number of hydrogen-bond donors (Lipinski definition) is 1. The Kier molecular flexibility index (Phi) is 8.74. The number of hydrogen-bond acceptors (Lipinski definition) is 9. The number of aromatic nitrogens is 3. The maximum Gasteiger partial charge on any atom is 0.301 e. The number of aliphatic hydroxyl groups excluding tert-OH is 1. The highest BCUT2D eigenvalue weighted by molar-refractivity contribution is 8.00. The number of pyridine rings is 1. The average Bonchev–Trinajstić information content (AvgIpc) is 3.62. The van der Waals surface area contributed by atoms with Gasteiger partial charge >= 0.3 is 5.91 Å². The van der Waals surface area contributed by atoms with E-state index in [9.17, 15) is 14.7 Å². The minimum Gasteiger partial charge on any atom is -0.507 e. The number of nitrogens with zero attached hydrogens (tertiary/aromatic N) is 4. The summed E-state index contributed by atoms with van der Waals surface area (Å²) in [4.78, 5) is 32.4. The van der Waals surface area contributed by atoms with E-state index in [0.717, 1.165) is 16.7 Å². The number of halogens is 1. The number of anilines is 1. The maximum absolute atomic E-state index is 13.5. The van der Waals surface area contributed by atoms with Gasteiger partial charge in [-0.25, -0.2) is 0 Å². The Morgan fingerprint density at radius 3 is 2.45 bits per heavy atom. The van der Waals surface area contributed by atoms with E-state index in [-0.39, 0.29) is 16.5 Å². The predicted molar refractivity (Wildman–Crippen MR) is 172 cm³/mol. The van der Waals surface area contributed by atoms with Crippen LogP contribution in [0, 0.1) is 6.92 Å². The lowest BCUT2D eigenvalue weighted by molar-refractivity contribution is -0.132. The van der Waals surface area contributed by atoms with E-state index in [1.54, 1.807) is 48.8 Å². The second-order valence-electron chi connectivity index (χ2n) is 9.93. The van der Waals surface area contributed by atoms with Gasteiger partial charge in [-0.2, -0.15) is 0 Å². The van der Waals surface area contributed by atoms with Crippen molar-refractivity contribution in [3.8, 4) is 5.75 Å². The molecule has 1 aliphatic rings. The zero-order valence-corrected chi connectivity index (χ0v) is 25.8. The third kappa shape index (κ3) is 6.10. The van der Waals surface area contributed by atoms with Gasteiger partial charge in [0, 0.05) is 28.7 Å². The molecule has 6 rings (SSSR count). The minimum atomic E-state index is -0.949. The smallest absolute Gasteiger partial charge is 0.301 e. The van der Waals surface area contributed by atoms with Gasteiger partial charge < -0.3 is 9.84 Å². The molecule has 44 heavy (non-hydrogen) atoms. The first-order valence-electron chi connectivity index (χ1n) is 13.6. The molecule has 1 unspecified atom stereocenters. The number of aryl methyl sites for hydroxylation is 1. The second kappa shape index (κ2) is 13.0.